The first-order chi connectivity index (χ1) is 14.1. The normalized spacial score (nSPS) is 27.2. The highest BCUT2D eigenvalue weighted by Gasteiger charge is 2.42. The lowest BCUT2D eigenvalue weighted by molar-refractivity contribution is -0.123. The summed E-state index contributed by atoms with van der Waals surface area (Å²) in [7, 11) is 1.69. The van der Waals surface area contributed by atoms with E-state index in [1.165, 1.54) is 0 Å². The van der Waals surface area contributed by atoms with Gasteiger partial charge in [0.25, 0.3) is 0 Å². The van der Waals surface area contributed by atoms with Crippen molar-refractivity contribution >= 4 is 23.7 Å². The number of fused-ring (bicyclic) bond motifs is 1. The molecule has 2 aliphatic heterocycles. The number of amides is 3. The molecule has 0 spiro atoms. The Kier molecular flexibility index (Phi) is 6.23. The first-order valence-electron chi connectivity index (χ1n) is 10.7. The van der Waals surface area contributed by atoms with E-state index in [1.54, 1.807) is 7.11 Å². The van der Waals surface area contributed by atoms with Gasteiger partial charge in [0, 0.05) is 23.0 Å². The van der Waals surface area contributed by atoms with Crippen LogP contribution in [0.4, 0.5) is 4.79 Å². The third kappa shape index (κ3) is 4.34. The first-order valence-corrected chi connectivity index (χ1v) is 11.8. The van der Waals surface area contributed by atoms with Gasteiger partial charge in [0.05, 0.1) is 24.7 Å². The molecular formula is C22H31N3O3S. The van der Waals surface area contributed by atoms with Crippen LogP contribution < -0.4 is 20.7 Å². The molecule has 29 heavy (non-hydrogen) atoms. The van der Waals surface area contributed by atoms with Gasteiger partial charge in [-0.05, 0) is 31.7 Å². The number of rotatable bonds is 8. The Hall–Kier alpha value is -1.89. The van der Waals surface area contributed by atoms with Crippen LogP contribution in [-0.4, -0.2) is 42.1 Å². The summed E-state index contributed by atoms with van der Waals surface area (Å²) in [6.07, 6.45) is 7.65. The molecule has 2 heterocycles. The van der Waals surface area contributed by atoms with E-state index >= 15 is 0 Å². The van der Waals surface area contributed by atoms with Gasteiger partial charge < -0.3 is 20.7 Å². The van der Waals surface area contributed by atoms with Crippen LogP contribution in [0, 0.1) is 0 Å². The van der Waals surface area contributed by atoms with Crippen LogP contribution in [0.25, 0.3) is 0 Å². The summed E-state index contributed by atoms with van der Waals surface area (Å²) in [5, 5.41) is 9.83. The minimum absolute atomic E-state index is 0.0390. The van der Waals surface area contributed by atoms with Crippen LogP contribution in [0.5, 0.6) is 5.75 Å². The summed E-state index contributed by atoms with van der Waals surface area (Å²) >= 11 is 1.93. The fourth-order valence-electron chi connectivity index (χ4n) is 5.08. The van der Waals surface area contributed by atoms with E-state index < -0.39 is 0 Å². The molecular weight excluding hydrogens is 386 g/mol. The average Bonchev–Trinajstić information content (AvgIpc) is 3.42. The molecule has 1 aromatic carbocycles. The third-order valence-corrected chi connectivity index (χ3v) is 8.05. The lowest BCUT2D eigenvalue weighted by Crippen LogP contribution is -2.44. The molecule has 1 saturated carbocycles. The minimum atomic E-state index is -0.294. The monoisotopic (exact) mass is 417 g/mol. The van der Waals surface area contributed by atoms with E-state index in [1.807, 2.05) is 30.0 Å². The summed E-state index contributed by atoms with van der Waals surface area (Å²) in [5.41, 5.74) is 0.809. The second-order valence-electron chi connectivity index (χ2n) is 8.41. The van der Waals surface area contributed by atoms with E-state index in [9.17, 15) is 9.59 Å². The summed E-state index contributed by atoms with van der Waals surface area (Å²) in [6.45, 7) is 0. The molecule has 1 aliphatic carbocycles. The molecule has 3 amide bonds. The van der Waals surface area contributed by atoms with Crippen molar-refractivity contribution in [3.05, 3.63) is 29.8 Å². The molecule has 4 rings (SSSR count). The van der Waals surface area contributed by atoms with Gasteiger partial charge in [-0.3, -0.25) is 4.79 Å². The second kappa shape index (κ2) is 8.86. The number of carbonyl (C=O) groups is 2. The molecule has 2 saturated heterocycles. The highest BCUT2D eigenvalue weighted by Crippen LogP contribution is 2.42. The number of carbonyl (C=O) groups excluding carboxylic acids is 2. The molecule has 0 bridgehead atoms. The second-order valence-corrected chi connectivity index (χ2v) is 9.68. The maximum absolute atomic E-state index is 12.8. The summed E-state index contributed by atoms with van der Waals surface area (Å²) in [6, 6.07) is 8.53. The minimum Gasteiger partial charge on any atom is -0.496 e. The van der Waals surface area contributed by atoms with Gasteiger partial charge in [-0.1, -0.05) is 37.5 Å². The molecule has 6 nitrogen and oxygen atoms in total. The van der Waals surface area contributed by atoms with E-state index in [4.69, 9.17) is 4.74 Å². The van der Waals surface area contributed by atoms with Crippen LogP contribution in [0.15, 0.2) is 24.3 Å². The zero-order chi connectivity index (χ0) is 20.3. The number of urea groups is 1. The molecule has 1 aromatic rings. The highest BCUT2D eigenvalue weighted by atomic mass is 32.2. The van der Waals surface area contributed by atoms with Crippen molar-refractivity contribution in [2.24, 2.45) is 0 Å². The van der Waals surface area contributed by atoms with Crippen LogP contribution in [0.1, 0.15) is 56.9 Å². The fraction of sp³-hybridized carbons (Fsp3) is 0.636. The smallest absolute Gasteiger partial charge is 0.315 e. The molecule has 158 valence electrons. The van der Waals surface area contributed by atoms with Gasteiger partial charge in [0.15, 0.2) is 0 Å². The molecule has 3 fully saturated rings. The Morgan fingerprint density at radius 1 is 1.24 bits per heavy atom. The predicted molar refractivity (Wildman–Crippen MR) is 115 cm³/mol. The highest BCUT2D eigenvalue weighted by molar-refractivity contribution is 8.00. The Morgan fingerprint density at radius 3 is 2.83 bits per heavy atom. The number of hydrogen-bond donors (Lipinski definition) is 3. The van der Waals surface area contributed by atoms with E-state index in [0.29, 0.717) is 11.7 Å². The van der Waals surface area contributed by atoms with Crippen molar-refractivity contribution in [1.29, 1.82) is 0 Å². The zero-order valence-corrected chi connectivity index (χ0v) is 17.9. The van der Waals surface area contributed by atoms with Gasteiger partial charge in [0.1, 0.15) is 5.75 Å². The van der Waals surface area contributed by atoms with Crippen molar-refractivity contribution in [3.63, 3.8) is 0 Å². The van der Waals surface area contributed by atoms with Crippen LogP contribution >= 0.6 is 11.8 Å². The number of thioether (sulfide) groups is 1. The molecule has 3 atom stereocenters. The van der Waals surface area contributed by atoms with Gasteiger partial charge in [0.2, 0.25) is 5.91 Å². The molecule has 3 aliphatic rings. The quantitative estimate of drug-likeness (QED) is 0.448. The number of para-hydroxylation sites is 1. The average molecular weight is 418 g/mol. The van der Waals surface area contributed by atoms with Gasteiger partial charge in [-0.2, -0.15) is 11.8 Å². The topological polar surface area (TPSA) is 79.5 Å². The first kappa shape index (κ1) is 20.4. The number of hydrogen-bond acceptors (Lipinski definition) is 4. The molecule has 0 aromatic heterocycles. The SMILES string of the molecule is COc1ccccc1C1(NC(=O)CCCC[C@@H]2SC[C@H]3NC(=O)N[C@H]23)CCCC1. The predicted octanol–water partition coefficient (Wildman–Crippen LogP) is 3.31. The van der Waals surface area contributed by atoms with E-state index in [-0.39, 0.29) is 29.6 Å². The Bertz CT molecular complexity index is 751. The van der Waals surface area contributed by atoms with Crippen molar-refractivity contribution in [3.8, 4) is 5.75 Å². The van der Waals surface area contributed by atoms with Gasteiger partial charge in [-0.15, -0.1) is 0 Å². The Labute approximate surface area is 176 Å². The number of methoxy groups -OCH3 is 1. The maximum atomic E-state index is 12.8. The van der Waals surface area contributed by atoms with Crippen molar-refractivity contribution in [2.45, 2.75) is 74.2 Å². The van der Waals surface area contributed by atoms with Crippen LogP contribution in [-0.2, 0) is 10.3 Å². The van der Waals surface area contributed by atoms with Crippen molar-refractivity contribution in [2.75, 3.05) is 12.9 Å². The standard InChI is InChI=1S/C22H31N3O3S/c1-28-17-9-3-2-8-15(17)22(12-6-7-13-22)25-19(26)11-5-4-10-18-20-16(14-29-18)23-21(27)24-20/h2-3,8-9,16,18,20H,4-7,10-14H2,1H3,(H,25,26)(H2,23,24,27)/t16-,18+,20+/m1/s1. The van der Waals surface area contributed by atoms with E-state index in [2.05, 4.69) is 22.0 Å². The van der Waals surface area contributed by atoms with Crippen LogP contribution in [0.2, 0.25) is 0 Å². The van der Waals surface area contributed by atoms with E-state index in [0.717, 1.165) is 62.0 Å². The Balaban J connectivity index is 1.28. The largest absolute Gasteiger partial charge is 0.496 e. The summed E-state index contributed by atoms with van der Waals surface area (Å²) < 4.78 is 5.57. The molecule has 3 N–H and O–H groups in total. The Morgan fingerprint density at radius 2 is 2.03 bits per heavy atom. The van der Waals surface area contributed by atoms with Gasteiger partial charge in [-0.25, -0.2) is 4.79 Å². The van der Waals surface area contributed by atoms with Crippen LogP contribution in [0.3, 0.4) is 0 Å². The molecule has 7 heteroatoms. The maximum Gasteiger partial charge on any atom is 0.315 e. The third-order valence-electron chi connectivity index (χ3n) is 6.54. The number of ether oxygens (including phenoxy) is 1. The fourth-order valence-corrected chi connectivity index (χ4v) is 6.63. The van der Waals surface area contributed by atoms with Crippen molar-refractivity contribution in [1.82, 2.24) is 16.0 Å². The number of unbranched alkanes of at least 4 members (excludes halogenated alkanes) is 1. The molecule has 0 unspecified atom stereocenters. The van der Waals surface area contributed by atoms with Gasteiger partial charge >= 0.3 is 6.03 Å². The lowest BCUT2D eigenvalue weighted by atomic mass is 9.87. The summed E-state index contributed by atoms with van der Waals surface area (Å²) in [4.78, 5) is 24.3. The zero-order valence-electron chi connectivity index (χ0n) is 17.0. The molecule has 0 radical (unpaired) electrons. The number of nitrogens with one attached hydrogen (secondary N) is 3. The van der Waals surface area contributed by atoms with Crippen molar-refractivity contribution < 1.29 is 14.3 Å². The number of benzene rings is 1. The summed E-state index contributed by atoms with van der Waals surface area (Å²) in [5.74, 6) is 1.97. The lowest BCUT2D eigenvalue weighted by Gasteiger charge is -2.32.